The molecule has 0 aromatic heterocycles. The van der Waals surface area contributed by atoms with Crippen LogP contribution in [0.3, 0.4) is 0 Å². The van der Waals surface area contributed by atoms with Crippen molar-refractivity contribution in [1.29, 1.82) is 5.41 Å². The van der Waals surface area contributed by atoms with Gasteiger partial charge in [-0.1, -0.05) is 11.6 Å². The van der Waals surface area contributed by atoms with Gasteiger partial charge < -0.3 is 25.6 Å². The lowest BCUT2D eigenvalue weighted by molar-refractivity contribution is -0.114. The van der Waals surface area contributed by atoms with Crippen LogP contribution in [0.5, 0.6) is 11.5 Å². The van der Waals surface area contributed by atoms with Crippen molar-refractivity contribution in [2.45, 2.75) is 13.5 Å². The lowest BCUT2D eigenvalue weighted by Crippen LogP contribution is -2.32. The molecule has 10 heteroatoms. The van der Waals surface area contributed by atoms with Crippen molar-refractivity contribution in [1.82, 2.24) is 5.32 Å². The Kier molecular flexibility index (Phi) is 7.46. The Morgan fingerprint density at radius 1 is 1.28 bits per heavy atom. The molecule has 2 aromatic rings. The van der Waals surface area contributed by atoms with E-state index in [1.165, 1.54) is 43.3 Å². The molecular formula is C19H18Cl2N4O4. The van der Waals surface area contributed by atoms with Crippen LogP contribution in [-0.4, -0.2) is 27.8 Å². The quantitative estimate of drug-likeness (QED) is 0.203. The first kappa shape index (κ1) is 22.1. The second-order valence-corrected chi connectivity index (χ2v) is 6.50. The largest absolute Gasteiger partial charge is 0.512 e. The van der Waals surface area contributed by atoms with Gasteiger partial charge in [0.1, 0.15) is 34.7 Å². The average Bonchev–Trinajstić information content (AvgIpc) is 2.65. The fourth-order valence-corrected chi connectivity index (χ4v) is 2.75. The van der Waals surface area contributed by atoms with E-state index in [4.69, 9.17) is 34.6 Å². The van der Waals surface area contributed by atoms with E-state index in [0.717, 1.165) is 0 Å². The van der Waals surface area contributed by atoms with Gasteiger partial charge in [-0.15, -0.1) is 0 Å². The molecule has 152 valence electrons. The molecule has 0 saturated heterocycles. The summed E-state index contributed by atoms with van der Waals surface area (Å²) in [7, 11) is 0. The number of nitrogens with zero attached hydrogens (tertiary/aromatic N) is 1. The zero-order valence-corrected chi connectivity index (χ0v) is 16.8. The number of carbonyl (C=O) groups excluding carboxylic acids is 1. The smallest absolute Gasteiger partial charge is 0.285 e. The van der Waals surface area contributed by atoms with Crippen LogP contribution in [0.15, 0.2) is 58.8 Å². The SMILES string of the molecule is C/C(O)=C(/C(=N)c1ccc(OCl)cc1)C(=O)/N=C(\N)NCc1cc(O)cc(Cl)c1. The number of nitrogens with two attached hydrogens (primary N) is 1. The van der Waals surface area contributed by atoms with E-state index in [1.54, 1.807) is 6.07 Å². The Morgan fingerprint density at radius 2 is 1.93 bits per heavy atom. The molecule has 8 nitrogen and oxygen atoms in total. The van der Waals surface area contributed by atoms with Crippen LogP contribution in [0.1, 0.15) is 18.1 Å². The van der Waals surface area contributed by atoms with Crippen LogP contribution in [0.4, 0.5) is 0 Å². The van der Waals surface area contributed by atoms with Crippen LogP contribution >= 0.6 is 23.5 Å². The molecular weight excluding hydrogens is 419 g/mol. The average molecular weight is 437 g/mol. The number of hydrogen-bond donors (Lipinski definition) is 5. The van der Waals surface area contributed by atoms with Crippen LogP contribution in [0, 0.1) is 5.41 Å². The molecule has 29 heavy (non-hydrogen) atoms. The normalized spacial score (nSPS) is 12.2. The van der Waals surface area contributed by atoms with E-state index in [1.807, 2.05) is 0 Å². The zero-order chi connectivity index (χ0) is 21.6. The number of aliphatic hydroxyl groups is 1. The van der Waals surface area contributed by atoms with Gasteiger partial charge in [0, 0.05) is 17.1 Å². The maximum atomic E-state index is 12.5. The molecule has 2 rings (SSSR count). The zero-order valence-electron chi connectivity index (χ0n) is 15.2. The second kappa shape index (κ2) is 9.81. The van der Waals surface area contributed by atoms with E-state index in [9.17, 15) is 15.0 Å². The third-order valence-electron chi connectivity index (χ3n) is 3.70. The fraction of sp³-hybridized carbons (Fsp3) is 0.105. The molecule has 0 unspecified atom stereocenters. The lowest BCUT2D eigenvalue weighted by atomic mass is 10.0. The lowest BCUT2D eigenvalue weighted by Gasteiger charge is -2.10. The summed E-state index contributed by atoms with van der Waals surface area (Å²) in [6, 6.07) is 10.5. The first-order valence-electron chi connectivity index (χ1n) is 8.20. The highest BCUT2D eigenvalue weighted by Crippen LogP contribution is 2.20. The van der Waals surface area contributed by atoms with Gasteiger partial charge in [0.05, 0.1) is 5.71 Å². The predicted molar refractivity (Wildman–Crippen MR) is 112 cm³/mol. The molecule has 6 N–H and O–H groups in total. The molecule has 1 amide bonds. The van der Waals surface area contributed by atoms with Gasteiger partial charge in [-0.2, -0.15) is 4.99 Å². The van der Waals surface area contributed by atoms with Gasteiger partial charge in [-0.25, -0.2) is 0 Å². The maximum Gasteiger partial charge on any atom is 0.285 e. The van der Waals surface area contributed by atoms with Crippen molar-refractivity contribution < 1.29 is 19.3 Å². The van der Waals surface area contributed by atoms with Crippen molar-refractivity contribution in [3.8, 4) is 11.5 Å². The summed E-state index contributed by atoms with van der Waals surface area (Å²) in [5, 5.41) is 30.7. The van der Waals surface area contributed by atoms with Crippen LogP contribution in [-0.2, 0) is 11.3 Å². The molecule has 0 fully saturated rings. The molecule has 0 atom stereocenters. The molecule has 0 spiro atoms. The summed E-state index contributed by atoms with van der Waals surface area (Å²) < 4.78 is 4.54. The van der Waals surface area contributed by atoms with E-state index in [2.05, 4.69) is 14.6 Å². The maximum absolute atomic E-state index is 12.5. The Bertz CT molecular complexity index is 964. The first-order chi connectivity index (χ1) is 13.7. The molecule has 0 aliphatic carbocycles. The number of aliphatic hydroxyl groups excluding tert-OH is 1. The van der Waals surface area contributed by atoms with Crippen molar-refractivity contribution >= 4 is 41.0 Å². The van der Waals surface area contributed by atoms with Gasteiger partial charge in [0.15, 0.2) is 5.96 Å². The van der Waals surface area contributed by atoms with Crippen molar-refractivity contribution in [3.63, 3.8) is 0 Å². The molecule has 0 saturated carbocycles. The first-order valence-corrected chi connectivity index (χ1v) is 8.88. The number of amides is 1. The van der Waals surface area contributed by atoms with Gasteiger partial charge in [-0.3, -0.25) is 10.2 Å². The standard InChI is InChI=1S/C19H18Cl2N4O4/c1-10(26)16(17(22)12-2-4-15(29-21)5-3-12)18(28)25-19(23)24-9-11-6-13(20)8-14(27)7-11/h2-8,22,26-27H,9H2,1H3,(H3,23,24,25,28)/b16-10+,22-17?. The number of phenols is 1. The van der Waals surface area contributed by atoms with Gasteiger partial charge in [-0.05, 0) is 55.0 Å². The third-order valence-corrected chi connectivity index (χ3v) is 4.09. The van der Waals surface area contributed by atoms with Gasteiger partial charge in [0.2, 0.25) is 0 Å². The minimum absolute atomic E-state index is 0.0129. The summed E-state index contributed by atoms with van der Waals surface area (Å²) >= 11 is 11.1. The van der Waals surface area contributed by atoms with E-state index in [-0.39, 0.29) is 35.3 Å². The number of nitrogens with one attached hydrogen (secondary N) is 2. The monoisotopic (exact) mass is 436 g/mol. The number of benzene rings is 2. The summed E-state index contributed by atoms with van der Waals surface area (Å²) in [6.07, 6.45) is 0. The topological polar surface area (TPSA) is 141 Å². The Balaban J connectivity index is 2.15. The minimum Gasteiger partial charge on any atom is -0.512 e. The summed E-state index contributed by atoms with van der Waals surface area (Å²) in [5.74, 6) is -1.16. The third kappa shape index (κ3) is 6.13. The highest BCUT2D eigenvalue weighted by molar-refractivity contribution is 6.30. The van der Waals surface area contributed by atoms with E-state index < -0.39 is 5.91 Å². The number of guanidine groups is 1. The summed E-state index contributed by atoms with van der Waals surface area (Å²) in [5.41, 5.74) is 6.13. The van der Waals surface area contributed by atoms with Crippen LogP contribution < -0.4 is 15.3 Å². The molecule has 0 radical (unpaired) electrons. The van der Waals surface area contributed by atoms with E-state index in [0.29, 0.717) is 21.9 Å². The number of rotatable bonds is 6. The second-order valence-electron chi connectivity index (χ2n) is 5.91. The molecule has 0 aliphatic heterocycles. The summed E-state index contributed by atoms with van der Waals surface area (Å²) in [4.78, 5) is 16.2. The Morgan fingerprint density at radius 3 is 2.48 bits per heavy atom. The number of halogens is 2. The number of carbonyl (C=O) groups is 1. The van der Waals surface area contributed by atoms with Gasteiger partial charge in [0.25, 0.3) is 5.91 Å². The number of allylic oxidation sites excluding steroid dienone is 1. The fourth-order valence-electron chi connectivity index (χ4n) is 2.39. The Labute approximate surface area is 176 Å². The highest BCUT2D eigenvalue weighted by Gasteiger charge is 2.20. The molecule has 2 aromatic carbocycles. The van der Waals surface area contributed by atoms with Crippen molar-refractivity contribution in [2.75, 3.05) is 0 Å². The minimum atomic E-state index is -0.897. The van der Waals surface area contributed by atoms with Crippen LogP contribution in [0.2, 0.25) is 5.02 Å². The number of aliphatic imine (C=N–C) groups is 1. The number of aromatic hydroxyl groups is 1. The van der Waals surface area contributed by atoms with Crippen molar-refractivity contribution in [3.05, 3.63) is 69.9 Å². The number of hydrogen-bond acceptors (Lipinski definition) is 5. The van der Waals surface area contributed by atoms with Crippen LogP contribution in [0.25, 0.3) is 0 Å². The van der Waals surface area contributed by atoms with E-state index >= 15 is 0 Å². The molecule has 0 heterocycles. The molecule has 0 bridgehead atoms. The molecule has 0 aliphatic rings. The highest BCUT2D eigenvalue weighted by atomic mass is 35.5. The predicted octanol–water partition coefficient (Wildman–Crippen LogP) is 3.41. The van der Waals surface area contributed by atoms with Crippen molar-refractivity contribution in [2.24, 2.45) is 10.7 Å². The van der Waals surface area contributed by atoms with Gasteiger partial charge >= 0.3 is 0 Å². The number of phenolic OH excluding ortho intramolecular Hbond substituents is 1. The Hall–Kier alpha value is -3.23. The summed E-state index contributed by atoms with van der Waals surface area (Å²) in [6.45, 7) is 1.41.